The molecule has 0 radical (unpaired) electrons. The zero-order chi connectivity index (χ0) is 48.0. The van der Waals surface area contributed by atoms with Crippen molar-refractivity contribution in [1.29, 1.82) is 0 Å². The summed E-state index contributed by atoms with van der Waals surface area (Å²) in [6.07, 6.45) is 33.3. The molecule has 0 fully saturated rings. The molecule has 11 heteroatoms. The third-order valence-corrected chi connectivity index (χ3v) is 12.1. The number of carbonyl (C=O) groups is 5. The molecule has 0 aromatic rings. The van der Waals surface area contributed by atoms with Crippen molar-refractivity contribution in [2.24, 2.45) is 5.92 Å². The molecule has 2 atom stereocenters. The maximum absolute atomic E-state index is 12.8. The molecule has 0 aliphatic carbocycles. The molecule has 11 nitrogen and oxygen atoms in total. The number of hydrogen-bond donors (Lipinski definition) is 0. The molecule has 0 heterocycles. The maximum atomic E-state index is 12.8. The minimum atomic E-state index is -0.948. The largest absolute Gasteiger partial charge is 0.465 e. The molecule has 2 unspecified atom stereocenters. The highest BCUT2D eigenvalue weighted by molar-refractivity contribution is 5.73. The van der Waals surface area contributed by atoms with E-state index in [0.29, 0.717) is 57.6 Å². The van der Waals surface area contributed by atoms with Gasteiger partial charge in [-0.05, 0) is 90.8 Å². The first kappa shape index (κ1) is 62.3. The highest BCUT2D eigenvalue weighted by Crippen LogP contribution is 2.21. The van der Waals surface area contributed by atoms with Crippen LogP contribution in [0.3, 0.4) is 0 Å². The number of ether oxygens (including phenoxy) is 5. The van der Waals surface area contributed by atoms with Crippen LogP contribution in [0.15, 0.2) is 0 Å². The number of unbranched alkanes of at least 4 members (excludes halogenated alkanes) is 20. The van der Waals surface area contributed by atoms with Gasteiger partial charge < -0.3 is 28.6 Å². The molecule has 0 saturated heterocycles. The minimum Gasteiger partial charge on any atom is -0.465 e. The van der Waals surface area contributed by atoms with E-state index in [1.807, 2.05) is 19.0 Å². The van der Waals surface area contributed by atoms with Gasteiger partial charge in [0.25, 0.3) is 0 Å². The van der Waals surface area contributed by atoms with Crippen LogP contribution in [-0.2, 0) is 47.7 Å². The van der Waals surface area contributed by atoms with Crippen LogP contribution >= 0.6 is 0 Å². The Balaban J connectivity index is 4.81. The molecule has 0 spiro atoms. The molecule has 0 rings (SSSR count). The molecule has 65 heavy (non-hydrogen) atoms. The molecular weight excluding hydrogens is 823 g/mol. The zero-order valence-electron chi connectivity index (χ0n) is 43.0. The summed E-state index contributed by atoms with van der Waals surface area (Å²) in [5.74, 6) is -1.46. The first-order valence-electron chi connectivity index (χ1n) is 27.0. The van der Waals surface area contributed by atoms with Gasteiger partial charge in [0.2, 0.25) is 0 Å². The second-order valence-electron chi connectivity index (χ2n) is 19.0. The van der Waals surface area contributed by atoms with Gasteiger partial charge in [-0.1, -0.05) is 163 Å². The Bertz CT molecular complexity index is 1130. The summed E-state index contributed by atoms with van der Waals surface area (Å²) in [4.78, 5) is 65.4. The first-order chi connectivity index (χ1) is 31.5. The van der Waals surface area contributed by atoms with Crippen LogP contribution in [0.1, 0.15) is 259 Å². The van der Waals surface area contributed by atoms with Gasteiger partial charge in [0.05, 0.1) is 6.61 Å². The molecule has 0 aromatic heterocycles. The van der Waals surface area contributed by atoms with Crippen LogP contribution < -0.4 is 0 Å². The van der Waals surface area contributed by atoms with Crippen LogP contribution in [0.2, 0.25) is 0 Å². The van der Waals surface area contributed by atoms with Gasteiger partial charge >= 0.3 is 29.8 Å². The van der Waals surface area contributed by atoms with Gasteiger partial charge in [0, 0.05) is 32.1 Å². The third-order valence-electron chi connectivity index (χ3n) is 12.1. The fourth-order valence-electron chi connectivity index (χ4n) is 7.99. The van der Waals surface area contributed by atoms with Gasteiger partial charge in [-0.3, -0.25) is 24.0 Å². The van der Waals surface area contributed by atoms with E-state index in [1.54, 1.807) is 0 Å². The average Bonchev–Trinajstić information content (AvgIpc) is 3.27. The van der Waals surface area contributed by atoms with Crippen LogP contribution in [0.4, 0.5) is 0 Å². The first-order valence-corrected chi connectivity index (χ1v) is 27.0. The lowest BCUT2D eigenvalue weighted by atomic mass is 9.95. The van der Waals surface area contributed by atoms with Gasteiger partial charge in [-0.15, -0.1) is 0 Å². The Kier molecular flexibility index (Phi) is 44.5. The molecule has 0 saturated carbocycles. The van der Waals surface area contributed by atoms with E-state index < -0.39 is 24.0 Å². The number of hydrogen-bond acceptors (Lipinski definition) is 11. The van der Waals surface area contributed by atoms with Crippen molar-refractivity contribution in [2.45, 2.75) is 271 Å². The molecule has 0 aromatic carbocycles. The fraction of sp³-hybridized carbons (Fsp3) is 0.907. The van der Waals surface area contributed by atoms with Gasteiger partial charge in [-0.2, -0.15) is 0 Å². The van der Waals surface area contributed by atoms with Crippen molar-refractivity contribution in [3.05, 3.63) is 0 Å². The molecule has 0 bridgehead atoms. The quantitative estimate of drug-likeness (QED) is 0.0328. The summed E-state index contributed by atoms with van der Waals surface area (Å²) in [5, 5.41) is 0. The van der Waals surface area contributed by atoms with E-state index >= 15 is 0 Å². The van der Waals surface area contributed by atoms with Crippen LogP contribution in [0.5, 0.6) is 0 Å². The SMILES string of the molecule is CCCCCCCCC(CCCCCC)COC(=O)CCCCCC(=O)OCC(COC(=O)CCCC(=O)OC(CCCCCCCC)CCCCCCCC)OC(=O)CCCN(C)C. The number of esters is 5. The van der Waals surface area contributed by atoms with Crippen molar-refractivity contribution in [2.75, 3.05) is 40.5 Å². The Morgan fingerprint density at radius 1 is 0.338 bits per heavy atom. The molecule has 0 N–H and O–H groups in total. The van der Waals surface area contributed by atoms with E-state index in [4.69, 9.17) is 23.7 Å². The van der Waals surface area contributed by atoms with Gasteiger partial charge in [0.15, 0.2) is 6.10 Å². The molecular formula is C54H101NO10. The lowest BCUT2D eigenvalue weighted by Gasteiger charge is -2.19. The lowest BCUT2D eigenvalue weighted by molar-refractivity contribution is -0.167. The minimum absolute atomic E-state index is 0.0181. The van der Waals surface area contributed by atoms with Crippen LogP contribution in [0, 0.1) is 5.92 Å². The topological polar surface area (TPSA) is 135 Å². The van der Waals surface area contributed by atoms with Crippen molar-refractivity contribution in [3.63, 3.8) is 0 Å². The van der Waals surface area contributed by atoms with E-state index in [-0.39, 0.29) is 56.9 Å². The summed E-state index contributed by atoms with van der Waals surface area (Å²) in [7, 11) is 3.85. The van der Waals surface area contributed by atoms with Gasteiger partial charge in [-0.25, -0.2) is 0 Å². The van der Waals surface area contributed by atoms with E-state index in [2.05, 4.69) is 27.7 Å². The molecule has 0 amide bonds. The maximum Gasteiger partial charge on any atom is 0.306 e. The second kappa shape index (κ2) is 46.4. The Morgan fingerprint density at radius 3 is 1.11 bits per heavy atom. The predicted molar refractivity (Wildman–Crippen MR) is 264 cm³/mol. The number of nitrogens with zero attached hydrogens (tertiary/aromatic N) is 1. The Hall–Kier alpha value is -2.69. The number of carbonyl (C=O) groups excluding carboxylic acids is 5. The zero-order valence-corrected chi connectivity index (χ0v) is 43.0. The van der Waals surface area contributed by atoms with E-state index in [0.717, 1.165) is 51.4 Å². The molecule has 0 aliphatic rings. The third kappa shape index (κ3) is 43.6. The molecule has 0 aliphatic heterocycles. The average molecular weight is 924 g/mol. The summed E-state index contributed by atoms with van der Waals surface area (Å²) >= 11 is 0. The van der Waals surface area contributed by atoms with Crippen molar-refractivity contribution in [3.8, 4) is 0 Å². The summed E-state index contributed by atoms with van der Waals surface area (Å²) in [5.41, 5.74) is 0. The van der Waals surface area contributed by atoms with Crippen molar-refractivity contribution < 1.29 is 47.7 Å². The lowest BCUT2D eigenvalue weighted by Crippen LogP contribution is -2.31. The Morgan fingerprint density at radius 2 is 0.662 bits per heavy atom. The normalized spacial score (nSPS) is 12.3. The smallest absolute Gasteiger partial charge is 0.306 e. The summed E-state index contributed by atoms with van der Waals surface area (Å²) in [6.45, 7) is 9.61. The standard InChI is InChI=1S/C54H101NO10/c1-7-11-15-19-22-27-35-47(34-26-18-14-10-4)44-61-50(56)38-30-25-31-39-51(57)62-45-49(65-54(60)42-33-43-55(5)6)46-63-52(58)40-32-41-53(59)64-48(36-28-23-20-16-12-8-2)37-29-24-21-17-13-9-3/h47-49H,7-46H2,1-6H3. The van der Waals surface area contributed by atoms with Crippen molar-refractivity contribution >= 4 is 29.8 Å². The van der Waals surface area contributed by atoms with Crippen LogP contribution in [-0.4, -0.2) is 87.4 Å². The fourth-order valence-corrected chi connectivity index (χ4v) is 7.99. The van der Waals surface area contributed by atoms with Crippen LogP contribution in [0.25, 0.3) is 0 Å². The van der Waals surface area contributed by atoms with E-state index in [1.165, 1.54) is 116 Å². The highest BCUT2D eigenvalue weighted by atomic mass is 16.6. The highest BCUT2D eigenvalue weighted by Gasteiger charge is 2.21. The molecule has 382 valence electrons. The Labute approximate surface area is 398 Å². The predicted octanol–water partition coefficient (Wildman–Crippen LogP) is 13.7. The van der Waals surface area contributed by atoms with Crippen molar-refractivity contribution in [1.82, 2.24) is 4.90 Å². The van der Waals surface area contributed by atoms with Gasteiger partial charge in [0.1, 0.15) is 19.3 Å². The summed E-state index contributed by atoms with van der Waals surface area (Å²) in [6, 6.07) is 0. The summed E-state index contributed by atoms with van der Waals surface area (Å²) < 4.78 is 28.1. The second-order valence-corrected chi connectivity index (χ2v) is 19.0. The van der Waals surface area contributed by atoms with E-state index in [9.17, 15) is 24.0 Å². The monoisotopic (exact) mass is 924 g/mol. The number of rotatable bonds is 48.